The minimum absolute atomic E-state index is 0.197. The summed E-state index contributed by atoms with van der Waals surface area (Å²) in [6.45, 7) is 9.70. The predicted octanol–water partition coefficient (Wildman–Crippen LogP) is 4.95. The number of hydrogen-bond acceptors (Lipinski definition) is 1. The van der Waals surface area contributed by atoms with Gasteiger partial charge in [0.15, 0.2) is 0 Å². The number of rotatable bonds is 4. The van der Waals surface area contributed by atoms with Crippen LogP contribution in [0.2, 0.25) is 9.63 Å². The zero-order valence-electron chi connectivity index (χ0n) is 13.4. The maximum absolute atomic E-state index is 5.89. The van der Waals surface area contributed by atoms with Crippen molar-refractivity contribution >= 4 is 15.0 Å². The van der Waals surface area contributed by atoms with Crippen LogP contribution in [0.5, 0.6) is 0 Å². The van der Waals surface area contributed by atoms with E-state index in [9.17, 15) is 0 Å². The Kier molecular flexibility index (Phi) is 5.42. The second kappa shape index (κ2) is 6.50. The first-order chi connectivity index (χ1) is 8.96. The van der Waals surface area contributed by atoms with Crippen LogP contribution in [0.15, 0.2) is 0 Å². The van der Waals surface area contributed by atoms with Gasteiger partial charge in [0, 0.05) is 0 Å². The van der Waals surface area contributed by atoms with Crippen LogP contribution in [0, 0.1) is 17.8 Å². The summed E-state index contributed by atoms with van der Waals surface area (Å²) in [6, 6.07) is 0. The van der Waals surface area contributed by atoms with E-state index in [0.29, 0.717) is 0 Å². The number of ether oxygens (including phenoxy) is 1. The molecule has 0 N–H and O–H groups in total. The van der Waals surface area contributed by atoms with E-state index in [4.69, 9.17) is 4.74 Å². The molecular weight excluding hydrogens is 299 g/mol. The summed E-state index contributed by atoms with van der Waals surface area (Å²) in [7, 11) is 1.93. The van der Waals surface area contributed by atoms with Crippen LogP contribution in [0.25, 0.3) is 0 Å². The first kappa shape index (κ1) is 15.9. The third-order valence-corrected chi connectivity index (χ3v) is 9.69. The molecule has 2 aliphatic rings. The van der Waals surface area contributed by atoms with Crippen LogP contribution in [0.3, 0.4) is 0 Å². The van der Waals surface area contributed by atoms with Gasteiger partial charge in [-0.25, -0.2) is 0 Å². The average Bonchev–Trinajstić information content (AvgIpc) is 2.71. The summed E-state index contributed by atoms with van der Waals surface area (Å²) < 4.78 is 5.89. The molecule has 112 valence electrons. The molecule has 2 aliphatic carbocycles. The fraction of sp³-hybridized carbons (Fsp3) is 1.00. The fourth-order valence-corrected chi connectivity index (χ4v) is 8.90. The molecule has 0 amide bonds. The molecule has 2 saturated carbocycles. The fourth-order valence-electron chi connectivity index (χ4n) is 4.03. The van der Waals surface area contributed by atoms with Gasteiger partial charge in [-0.2, -0.15) is 0 Å². The summed E-state index contributed by atoms with van der Waals surface area (Å²) >= 11 is 0.769. The van der Waals surface area contributed by atoms with E-state index in [1.165, 1.54) is 38.5 Å². The van der Waals surface area contributed by atoms with E-state index in [2.05, 4.69) is 27.7 Å². The van der Waals surface area contributed by atoms with E-state index in [-0.39, 0.29) is 5.60 Å². The molecule has 0 spiro atoms. The van der Waals surface area contributed by atoms with Crippen molar-refractivity contribution in [2.45, 2.75) is 81.5 Å². The quantitative estimate of drug-likeness (QED) is 0.662. The first-order valence-corrected chi connectivity index (χ1v) is 10.1. The van der Waals surface area contributed by atoms with E-state index >= 15 is 0 Å². The number of methoxy groups -OCH3 is 1. The van der Waals surface area contributed by atoms with Gasteiger partial charge in [-0.1, -0.05) is 0 Å². The SMILES string of the molecule is COC1(C)CCCC1[Se][C@@H]1C[C@H](C)CC[C@H]1C(C)C. The van der Waals surface area contributed by atoms with Crippen molar-refractivity contribution in [2.75, 3.05) is 7.11 Å². The van der Waals surface area contributed by atoms with Crippen molar-refractivity contribution in [1.82, 2.24) is 0 Å². The molecule has 0 bridgehead atoms. The Labute approximate surface area is 126 Å². The molecule has 0 aromatic carbocycles. The Hall–Kier alpha value is 0.479. The summed E-state index contributed by atoms with van der Waals surface area (Å²) in [5, 5.41) is 0. The average molecular weight is 331 g/mol. The molecule has 0 aromatic heterocycles. The topological polar surface area (TPSA) is 9.23 Å². The molecule has 0 saturated heterocycles. The first-order valence-electron chi connectivity index (χ1n) is 8.17. The molecule has 0 radical (unpaired) electrons. The van der Waals surface area contributed by atoms with Gasteiger partial charge in [0.1, 0.15) is 0 Å². The van der Waals surface area contributed by atoms with Gasteiger partial charge in [-0.3, -0.25) is 0 Å². The van der Waals surface area contributed by atoms with Crippen molar-refractivity contribution in [3.63, 3.8) is 0 Å². The van der Waals surface area contributed by atoms with Gasteiger partial charge in [0.2, 0.25) is 0 Å². The van der Waals surface area contributed by atoms with E-state index < -0.39 is 0 Å². The van der Waals surface area contributed by atoms with E-state index in [1.54, 1.807) is 0 Å². The second-order valence-electron chi connectivity index (χ2n) is 7.40. The van der Waals surface area contributed by atoms with Gasteiger partial charge in [-0.15, -0.1) is 0 Å². The molecule has 2 fully saturated rings. The Bertz CT molecular complexity index is 291. The van der Waals surface area contributed by atoms with Crippen molar-refractivity contribution in [1.29, 1.82) is 0 Å². The van der Waals surface area contributed by atoms with Crippen molar-refractivity contribution in [3.05, 3.63) is 0 Å². The van der Waals surface area contributed by atoms with Crippen molar-refractivity contribution in [2.24, 2.45) is 17.8 Å². The Morgan fingerprint density at radius 1 is 1.21 bits per heavy atom. The summed E-state index contributed by atoms with van der Waals surface area (Å²) in [5.74, 6) is 2.81. The zero-order chi connectivity index (χ0) is 14.0. The van der Waals surface area contributed by atoms with Gasteiger partial charge in [-0.05, 0) is 0 Å². The molecule has 0 heterocycles. The predicted molar refractivity (Wildman–Crippen MR) is 83.9 cm³/mol. The van der Waals surface area contributed by atoms with Crippen LogP contribution >= 0.6 is 0 Å². The third kappa shape index (κ3) is 3.57. The third-order valence-electron chi connectivity index (χ3n) is 5.59. The van der Waals surface area contributed by atoms with Crippen LogP contribution in [0.4, 0.5) is 0 Å². The van der Waals surface area contributed by atoms with Crippen LogP contribution in [-0.4, -0.2) is 27.7 Å². The Morgan fingerprint density at radius 2 is 1.95 bits per heavy atom. The van der Waals surface area contributed by atoms with Gasteiger partial charge >= 0.3 is 126 Å². The van der Waals surface area contributed by atoms with Crippen LogP contribution in [0.1, 0.15) is 66.2 Å². The van der Waals surface area contributed by atoms with Gasteiger partial charge in [0.25, 0.3) is 0 Å². The summed E-state index contributed by atoms with van der Waals surface area (Å²) in [6.07, 6.45) is 8.50. The molecule has 0 aliphatic heterocycles. The van der Waals surface area contributed by atoms with Gasteiger partial charge < -0.3 is 0 Å². The molecule has 1 nitrogen and oxygen atoms in total. The number of hydrogen-bond donors (Lipinski definition) is 0. The summed E-state index contributed by atoms with van der Waals surface area (Å²) in [5.41, 5.74) is 0.197. The zero-order valence-corrected chi connectivity index (χ0v) is 15.2. The molecule has 5 atom stereocenters. The maximum atomic E-state index is 5.89. The molecule has 2 rings (SSSR count). The minimum atomic E-state index is 0.197. The monoisotopic (exact) mass is 332 g/mol. The standard InChI is InChI=1S/C17H32OSe/c1-12(2)14-9-8-13(3)11-15(14)19-16-7-6-10-17(16,4)18-5/h12-16H,6-11H2,1-5H3/t13-,14+,15-,16?,17?/m1/s1. The van der Waals surface area contributed by atoms with Crippen molar-refractivity contribution in [3.8, 4) is 0 Å². The normalized spacial score (nSPS) is 43.9. The summed E-state index contributed by atoms with van der Waals surface area (Å²) in [4.78, 5) is 1.87. The second-order valence-corrected chi connectivity index (χ2v) is 10.4. The Balaban J connectivity index is 2.02. The van der Waals surface area contributed by atoms with E-state index in [0.717, 1.165) is 42.3 Å². The molecular formula is C17H32OSe. The van der Waals surface area contributed by atoms with E-state index in [1.807, 2.05) is 7.11 Å². The Morgan fingerprint density at radius 3 is 2.58 bits per heavy atom. The molecule has 19 heavy (non-hydrogen) atoms. The molecule has 2 unspecified atom stereocenters. The van der Waals surface area contributed by atoms with Crippen LogP contribution < -0.4 is 0 Å². The molecule has 0 aromatic rings. The van der Waals surface area contributed by atoms with Crippen molar-refractivity contribution < 1.29 is 4.74 Å². The van der Waals surface area contributed by atoms with Gasteiger partial charge in [0.05, 0.1) is 0 Å². The molecule has 2 heteroatoms. The van der Waals surface area contributed by atoms with Crippen LogP contribution in [-0.2, 0) is 4.74 Å².